The summed E-state index contributed by atoms with van der Waals surface area (Å²) < 4.78 is 7.50. The molecule has 0 saturated heterocycles. The summed E-state index contributed by atoms with van der Waals surface area (Å²) in [6, 6.07) is 8.27. The van der Waals surface area contributed by atoms with Crippen molar-refractivity contribution in [2.75, 3.05) is 13.7 Å². The van der Waals surface area contributed by atoms with Gasteiger partial charge in [-0.3, -0.25) is 0 Å². The second-order valence-electron chi connectivity index (χ2n) is 4.74. The molecule has 108 valence electrons. The summed E-state index contributed by atoms with van der Waals surface area (Å²) in [4.78, 5) is 4.53. The predicted octanol–water partition coefficient (Wildman–Crippen LogP) is 3.00. The van der Waals surface area contributed by atoms with Crippen molar-refractivity contribution < 1.29 is 4.74 Å². The maximum atomic E-state index is 5.33. The van der Waals surface area contributed by atoms with Gasteiger partial charge in [-0.05, 0) is 37.6 Å². The summed E-state index contributed by atoms with van der Waals surface area (Å²) in [6.07, 6.45) is 4.98. The van der Waals surface area contributed by atoms with Crippen molar-refractivity contribution in [3.63, 3.8) is 0 Å². The van der Waals surface area contributed by atoms with E-state index < -0.39 is 0 Å². The zero-order valence-electron chi connectivity index (χ0n) is 12.5. The van der Waals surface area contributed by atoms with Crippen LogP contribution in [0.4, 0.5) is 0 Å². The Balaban J connectivity index is 2.36. The van der Waals surface area contributed by atoms with Crippen LogP contribution in [-0.4, -0.2) is 23.2 Å². The van der Waals surface area contributed by atoms with E-state index in [0.717, 1.165) is 31.1 Å². The lowest BCUT2D eigenvalue weighted by atomic mass is 10.1. The standard InChI is InChI=1S/C16H23N3O/c1-4-9-17-15(16-18-10-11-19(16)5-2)13-7-6-8-14(12-13)20-3/h6-8,10-12,15,17H,4-5,9H2,1-3H3. The molecule has 1 aromatic heterocycles. The van der Waals surface area contributed by atoms with E-state index in [9.17, 15) is 0 Å². The fraction of sp³-hybridized carbons (Fsp3) is 0.438. The summed E-state index contributed by atoms with van der Waals surface area (Å²) in [5.41, 5.74) is 1.18. The molecule has 1 aromatic carbocycles. The lowest BCUT2D eigenvalue weighted by Gasteiger charge is -2.20. The van der Waals surface area contributed by atoms with E-state index in [-0.39, 0.29) is 6.04 Å². The number of hydrogen-bond acceptors (Lipinski definition) is 3. The summed E-state index contributed by atoms with van der Waals surface area (Å²) >= 11 is 0. The monoisotopic (exact) mass is 273 g/mol. The van der Waals surface area contributed by atoms with Crippen LogP contribution >= 0.6 is 0 Å². The third-order valence-electron chi connectivity index (χ3n) is 3.37. The normalized spacial score (nSPS) is 12.3. The first-order chi connectivity index (χ1) is 9.80. The van der Waals surface area contributed by atoms with Gasteiger partial charge < -0.3 is 14.6 Å². The summed E-state index contributed by atoms with van der Waals surface area (Å²) in [5, 5.41) is 3.58. The molecule has 2 rings (SSSR count). The molecule has 4 heteroatoms. The fourth-order valence-corrected chi connectivity index (χ4v) is 2.32. The summed E-state index contributed by atoms with van der Waals surface area (Å²) in [5.74, 6) is 1.93. The highest BCUT2D eigenvalue weighted by atomic mass is 16.5. The first-order valence-corrected chi connectivity index (χ1v) is 7.18. The average Bonchev–Trinajstić information content (AvgIpc) is 2.96. The highest BCUT2D eigenvalue weighted by Crippen LogP contribution is 2.24. The van der Waals surface area contributed by atoms with Gasteiger partial charge in [0.1, 0.15) is 11.6 Å². The second-order valence-corrected chi connectivity index (χ2v) is 4.74. The molecule has 20 heavy (non-hydrogen) atoms. The Bertz CT molecular complexity index is 536. The van der Waals surface area contributed by atoms with Crippen molar-refractivity contribution in [1.82, 2.24) is 14.9 Å². The SMILES string of the molecule is CCCNC(c1cccc(OC)c1)c1nccn1CC. The smallest absolute Gasteiger partial charge is 0.130 e. The molecule has 0 radical (unpaired) electrons. The Morgan fingerprint density at radius 2 is 2.20 bits per heavy atom. The topological polar surface area (TPSA) is 39.1 Å². The van der Waals surface area contributed by atoms with Crippen LogP contribution in [0.2, 0.25) is 0 Å². The molecule has 2 aromatic rings. The second kappa shape index (κ2) is 7.10. The third kappa shape index (κ3) is 3.20. The van der Waals surface area contributed by atoms with Gasteiger partial charge in [0.2, 0.25) is 0 Å². The van der Waals surface area contributed by atoms with E-state index in [1.54, 1.807) is 7.11 Å². The Morgan fingerprint density at radius 3 is 2.90 bits per heavy atom. The van der Waals surface area contributed by atoms with Crippen molar-refractivity contribution in [2.24, 2.45) is 0 Å². The molecular formula is C16H23N3O. The number of aromatic nitrogens is 2. The van der Waals surface area contributed by atoms with E-state index in [0.29, 0.717) is 0 Å². The molecule has 1 unspecified atom stereocenters. The number of imidazole rings is 1. The quantitative estimate of drug-likeness (QED) is 0.843. The number of aryl methyl sites for hydroxylation is 1. The molecular weight excluding hydrogens is 250 g/mol. The number of methoxy groups -OCH3 is 1. The van der Waals surface area contributed by atoms with E-state index in [4.69, 9.17) is 4.74 Å². The van der Waals surface area contributed by atoms with E-state index in [1.165, 1.54) is 5.56 Å². The minimum Gasteiger partial charge on any atom is -0.497 e. The largest absolute Gasteiger partial charge is 0.497 e. The number of hydrogen-bond donors (Lipinski definition) is 1. The van der Waals surface area contributed by atoms with Crippen LogP contribution in [0.25, 0.3) is 0 Å². The Labute approximate surface area is 120 Å². The average molecular weight is 273 g/mol. The molecule has 0 fully saturated rings. The van der Waals surface area contributed by atoms with Gasteiger partial charge in [-0.1, -0.05) is 19.1 Å². The molecule has 1 atom stereocenters. The lowest BCUT2D eigenvalue weighted by molar-refractivity contribution is 0.413. The first kappa shape index (κ1) is 14.6. The highest BCUT2D eigenvalue weighted by molar-refractivity contribution is 5.33. The molecule has 4 nitrogen and oxygen atoms in total. The molecule has 1 heterocycles. The predicted molar refractivity (Wildman–Crippen MR) is 81.0 cm³/mol. The Morgan fingerprint density at radius 1 is 1.35 bits per heavy atom. The van der Waals surface area contributed by atoms with Gasteiger partial charge in [0.15, 0.2) is 0 Å². The molecule has 0 aliphatic carbocycles. The summed E-state index contributed by atoms with van der Waals surface area (Å²) in [7, 11) is 1.70. The number of rotatable bonds is 7. The van der Waals surface area contributed by atoms with Crippen molar-refractivity contribution >= 4 is 0 Å². The van der Waals surface area contributed by atoms with Crippen molar-refractivity contribution in [3.05, 3.63) is 48.0 Å². The molecule has 0 aliphatic rings. The number of nitrogens with one attached hydrogen (secondary N) is 1. The van der Waals surface area contributed by atoms with Gasteiger partial charge >= 0.3 is 0 Å². The van der Waals surface area contributed by atoms with Crippen LogP contribution in [0.15, 0.2) is 36.7 Å². The van der Waals surface area contributed by atoms with Gasteiger partial charge in [0, 0.05) is 18.9 Å². The Kier molecular flexibility index (Phi) is 5.18. The number of nitrogens with zero attached hydrogens (tertiary/aromatic N) is 2. The lowest BCUT2D eigenvalue weighted by Crippen LogP contribution is -2.26. The van der Waals surface area contributed by atoms with Gasteiger partial charge in [-0.25, -0.2) is 4.98 Å². The van der Waals surface area contributed by atoms with Crippen LogP contribution in [-0.2, 0) is 6.54 Å². The van der Waals surface area contributed by atoms with Crippen molar-refractivity contribution in [1.29, 1.82) is 0 Å². The van der Waals surface area contributed by atoms with Crippen LogP contribution in [0.1, 0.15) is 37.7 Å². The van der Waals surface area contributed by atoms with Crippen LogP contribution in [0, 0.1) is 0 Å². The maximum Gasteiger partial charge on any atom is 0.130 e. The minimum absolute atomic E-state index is 0.0972. The van der Waals surface area contributed by atoms with Crippen molar-refractivity contribution in [3.8, 4) is 5.75 Å². The van der Waals surface area contributed by atoms with Crippen LogP contribution in [0.3, 0.4) is 0 Å². The molecule has 0 aliphatic heterocycles. The molecule has 0 amide bonds. The number of benzene rings is 1. The molecule has 0 spiro atoms. The van der Waals surface area contributed by atoms with Crippen LogP contribution in [0.5, 0.6) is 5.75 Å². The summed E-state index contributed by atoms with van der Waals surface area (Å²) in [6.45, 7) is 6.18. The van der Waals surface area contributed by atoms with E-state index >= 15 is 0 Å². The molecule has 1 N–H and O–H groups in total. The Hall–Kier alpha value is -1.81. The van der Waals surface area contributed by atoms with Crippen LogP contribution < -0.4 is 10.1 Å². The van der Waals surface area contributed by atoms with E-state index in [1.807, 2.05) is 24.5 Å². The van der Waals surface area contributed by atoms with Gasteiger partial charge in [0.25, 0.3) is 0 Å². The zero-order chi connectivity index (χ0) is 14.4. The van der Waals surface area contributed by atoms with Gasteiger partial charge in [-0.2, -0.15) is 0 Å². The third-order valence-corrected chi connectivity index (χ3v) is 3.37. The number of ether oxygens (including phenoxy) is 1. The van der Waals surface area contributed by atoms with Gasteiger partial charge in [-0.15, -0.1) is 0 Å². The first-order valence-electron chi connectivity index (χ1n) is 7.18. The highest BCUT2D eigenvalue weighted by Gasteiger charge is 2.18. The maximum absolute atomic E-state index is 5.33. The van der Waals surface area contributed by atoms with Crippen molar-refractivity contribution in [2.45, 2.75) is 32.9 Å². The van der Waals surface area contributed by atoms with E-state index in [2.05, 4.69) is 40.8 Å². The van der Waals surface area contributed by atoms with Gasteiger partial charge in [0.05, 0.1) is 13.2 Å². The molecule has 0 saturated carbocycles. The fourth-order valence-electron chi connectivity index (χ4n) is 2.32. The molecule has 0 bridgehead atoms. The zero-order valence-corrected chi connectivity index (χ0v) is 12.5. The minimum atomic E-state index is 0.0972.